The average molecular weight is 344 g/mol. The molecule has 5 nitrogen and oxygen atoms in total. The largest absolute Gasteiger partial charge is 0.481 e. The fourth-order valence-corrected chi connectivity index (χ4v) is 3.99. The van der Waals surface area contributed by atoms with E-state index in [1.807, 2.05) is 4.90 Å². The van der Waals surface area contributed by atoms with E-state index >= 15 is 0 Å². The van der Waals surface area contributed by atoms with Crippen LogP contribution in [0.4, 0.5) is 4.79 Å². The van der Waals surface area contributed by atoms with Crippen molar-refractivity contribution in [3.05, 3.63) is 35.4 Å². The first kappa shape index (κ1) is 17.8. The molecule has 0 radical (unpaired) electrons. The molecule has 3 rings (SSSR count). The van der Waals surface area contributed by atoms with Crippen LogP contribution in [-0.2, 0) is 11.2 Å². The molecule has 2 fully saturated rings. The maximum Gasteiger partial charge on any atom is 0.317 e. The molecular formula is C20H28N2O3. The van der Waals surface area contributed by atoms with Crippen LogP contribution in [0.25, 0.3) is 0 Å². The van der Waals surface area contributed by atoms with Gasteiger partial charge >= 0.3 is 12.0 Å². The summed E-state index contributed by atoms with van der Waals surface area (Å²) in [5.41, 5.74) is 2.66. The molecule has 1 aliphatic carbocycles. The lowest BCUT2D eigenvalue weighted by Crippen LogP contribution is -2.45. The molecule has 1 aliphatic heterocycles. The van der Waals surface area contributed by atoms with Gasteiger partial charge < -0.3 is 15.3 Å². The van der Waals surface area contributed by atoms with Crippen molar-refractivity contribution in [1.29, 1.82) is 0 Å². The van der Waals surface area contributed by atoms with E-state index in [2.05, 4.69) is 36.5 Å². The number of aliphatic carboxylic acids is 1. The summed E-state index contributed by atoms with van der Waals surface area (Å²) < 4.78 is 0. The minimum atomic E-state index is -0.707. The second-order valence-corrected chi connectivity index (χ2v) is 7.36. The molecule has 1 unspecified atom stereocenters. The second kappa shape index (κ2) is 7.89. The highest BCUT2D eigenvalue weighted by Crippen LogP contribution is 2.28. The van der Waals surface area contributed by atoms with E-state index in [0.717, 1.165) is 38.8 Å². The number of hydrogen-bond donors (Lipinski definition) is 2. The van der Waals surface area contributed by atoms with Crippen molar-refractivity contribution in [2.45, 2.75) is 57.4 Å². The molecule has 2 aliphatic rings. The number of rotatable bonds is 4. The lowest BCUT2D eigenvalue weighted by Gasteiger charge is -2.28. The van der Waals surface area contributed by atoms with Crippen LogP contribution in [0.5, 0.6) is 0 Å². The van der Waals surface area contributed by atoms with Crippen molar-refractivity contribution >= 4 is 12.0 Å². The number of carbonyl (C=O) groups excluding carboxylic acids is 1. The van der Waals surface area contributed by atoms with Crippen LogP contribution in [0.15, 0.2) is 24.3 Å². The molecule has 5 heteroatoms. The summed E-state index contributed by atoms with van der Waals surface area (Å²) in [6, 6.07) is 8.87. The first-order valence-corrected chi connectivity index (χ1v) is 9.44. The van der Waals surface area contributed by atoms with Gasteiger partial charge in [0.2, 0.25) is 0 Å². The molecule has 1 heterocycles. The number of benzene rings is 1. The van der Waals surface area contributed by atoms with Crippen molar-refractivity contribution in [3.63, 3.8) is 0 Å². The number of aryl methyl sites for hydroxylation is 1. The number of nitrogens with zero attached hydrogens (tertiary/aromatic N) is 1. The van der Waals surface area contributed by atoms with Crippen molar-refractivity contribution in [1.82, 2.24) is 10.2 Å². The van der Waals surface area contributed by atoms with Crippen LogP contribution < -0.4 is 5.32 Å². The molecule has 0 bridgehead atoms. The summed E-state index contributed by atoms with van der Waals surface area (Å²) in [5, 5.41) is 12.2. The van der Waals surface area contributed by atoms with Gasteiger partial charge in [-0.05, 0) is 49.7 Å². The zero-order chi connectivity index (χ0) is 17.8. The van der Waals surface area contributed by atoms with Gasteiger partial charge in [-0.25, -0.2) is 4.79 Å². The molecule has 1 aromatic rings. The Balaban J connectivity index is 1.48. The molecule has 1 saturated carbocycles. The third kappa shape index (κ3) is 4.33. The third-order valence-corrected chi connectivity index (χ3v) is 5.74. The van der Waals surface area contributed by atoms with E-state index in [-0.39, 0.29) is 18.0 Å². The molecule has 1 aromatic carbocycles. The fraction of sp³-hybridized carbons (Fsp3) is 0.600. The normalized spacial score (nSPS) is 26.4. The number of urea groups is 1. The third-order valence-electron chi connectivity index (χ3n) is 5.74. The van der Waals surface area contributed by atoms with Gasteiger partial charge in [0.05, 0.1) is 5.92 Å². The van der Waals surface area contributed by atoms with Crippen LogP contribution in [0.3, 0.4) is 0 Å². The Bertz CT molecular complexity index is 606. The lowest BCUT2D eigenvalue weighted by molar-refractivity contribution is -0.142. The van der Waals surface area contributed by atoms with E-state index in [1.165, 1.54) is 11.1 Å². The number of nitrogens with one attached hydrogen (secondary N) is 1. The Hall–Kier alpha value is -2.04. The van der Waals surface area contributed by atoms with Crippen molar-refractivity contribution < 1.29 is 14.7 Å². The first-order chi connectivity index (χ1) is 12.1. The van der Waals surface area contributed by atoms with Crippen LogP contribution in [0.1, 0.15) is 56.1 Å². The molecule has 1 saturated heterocycles. The second-order valence-electron chi connectivity index (χ2n) is 7.36. The van der Waals surface area contributed by atoms with Gasteiger partial charge in [-0.1, -0.05) is 31.2 Å². The number of amides is 2. The summed E-state index contributed by atoms with van der Waals surface area (Å²) in [4.78, 5) is 25.4. The quantitative estimate of drug-likeness (QED) is 0.879. The number of hydrogen-bond acceptors (Lipinski definition) is 2. The Labute approximate surface area is 149 Å². The van der Waals surface area contributed by atoms with Gasteiger partial charge in [0.15, 0.2) is 0 Å². The molecule has 0 spiro atoms. The van der Waals surface area contributed by atoms with Gasteiger partial charge in [0.25, 0.3) is 0 Å². The Kier molecular flexibility index (Phi) is 5.61. The van der Waals surface area contributed by atoms with E-state index in [4.69, 9.17) is 5.11 Å². The van der Waals surface area contributed by atoms with E-state index in [9.17, 15) is 9.59 Å². The average Bonchev–Trinajstić information content (AvgIpc) is 3.12. The minimum Gasteiger partial charge on any atom is -0.481 e. The van der Waals surface area contributed by atoms with Gasteiger partial charge in [-0.2, -0.15) is 0 Å². The summed E-state index contributed by atoms with van der Waals surface area (Å²) in [7, 11) is 0. The molecule has 0 aromatic heterocycles. The van der Waals surface area contributed by atoms with Gasteiger partial charge in [-0.15, -0.1) is 0 Å². The molecule has 1 atom stereocenters. The zero-order valence-corrected chi connectivity index (χ0v) is 14.9. The monoisotopic (exact) mass is 344 g/mol. The predicted octanol–water partition coefficient (Wildman–Crippen LogP) is 3.39. The van der Waals surface area contributed by atoms with Crippen LogP contribution >= 0.6 is 0 Å². The number of likely N-dealkylation sites (tertiary alicyclic amines) is 1. The maximum absolute atomic E-state index is 12.5. The predicted molar refractivity (Wildman–Crippen MR) is 96.7 cm³/mol. The zero-order valence-electron chi connectivity index (χ0n) is 14.9. The highest BCUT2D eigenvalue weighted by molar-refractivity contribution is 5.75. The lowest BCUT2D eigenvalue weighted by atomic mass is 9.86. The van der Waals surface area contributed by atoms with Crippen molar-refractivity contribution in [2.24, 2.45) is 5.92 Å². The van der Waals surface area contributed by atoms with Crippen LogP contribution in [0.2, 0.25) is 0 Å². The molecule has 2 amide bonds. The van der Waals surface area contributed by atoms with Crippen molar-refractivity contribution in [3.8, 4) is 0 Å². The summed E-state index contributed by atoms with van der Waals surface area (Å²) >= 11 is 0. The molecule has 2 N–H and O–H groups in total. The highest BCUT2D eigenvalue weighted by atomic mass is 16.4. The Morgan fingerprint density at radius 2 is 1.80 bits per heavy atom. The maximum atomic E-state index is 12.5. The molecule has 25 heavy (non-hydrogen) atoms. The first-order valence-electron chi connectivity index (χ1n) is 9.44. The van der Waals surface area contributed by atoms with Crippen LogP contribution in [-0.4, -0.2) is 41.1 Å². The SMILES string of the molecule is CCc1ccc(C2CCN(C(=O)NC3CCC(C(=O)O)CC3)C2)cc1. The summed E-state index contributed by atoms with van der Waals surface area (Å²) in [5.74, 6) is -0.531. The smallest absolute Gasteiger partial charge is 0.317 e. The van der Waals surface area contributed by atoms with Gasteiger partial charge in [0, 0.05) is 25.0 Å². The number of carbonyl (C=O) groups is 2. The summed E-state index contributed by atoms with van der Waals surface area (Å²) in [6.07, 6.45) is 4.89. The highest BCUT2D eigenvalue weighted by Gasteiger charge is 2.31. The Morgan fingerprint density at radius 1 is 1.12 bits per heavy atom. The standard InChI is InChI=1S/C20H28N2O3/c1-2-14-3-5-15(6-4-14)17-11-12-22(13-17)20(25)21-18-9-7-16(8-10-18)19(23)24/h3-6,16-18H,2,7-13H2,1H3,(H,21,25)(H,23,24). The number of carboxylic acids is 1. The van der Waals surface area contributed by atoms with Crippen LogP contribution in [0, 0.1) is 5.92 Å². The fourth-order valence-electron chi connectivity index (χ4n) is 3.99. The molecule has 136 valence electrons. The minimum absolute atomic E-state index is 0.00598. The number of carboxylic acid groups (broad SMARTS) is 1. The topological polar surface area (TPSA) is 69.6 Å². The summed E-state index contributed by atoms with van der Waals surface area (Å²) in [6.45, 7) is 3.71. The Morgan fingerprint density at radius 3 is 2.40 bits per heavy atom. The van der Waals surface area contributed by atoms with Gasteiger partial charge in [0.1, 0.15) is 0 Å². The van der Waals surface area contributed by atoms with Crippen molar-refractivity contribution in [2.75, 3.05) is 13.1 Å². The van der Waals surface area contributed by atoms with E-state index in [1.54, 1.807) is 0 Å². The van der Waals surface area contributed by atoms with E-state index < -0.39 is 5.97 Å². The molecular weight excluding hydrogens is 316 g/mol. The van der Waals surface area contributed by atoms with E-state index in [0.29, 0.717) is 18.8 Å². The van der Waals surface area contributed by atoms with Gasteiger partial charge in [-0.3, -0.25) is 4.79 Å².